The lowest BCUT2D eigenvalue weighted by atomic mass is 10.2. The SMILES string of the molecule is O=C1COc2ccccc2N1CCC(=O)N1CCC[C@@H]1c1nnc2n1CCCCC2. The Kier molecular flexibility index (Phi) is 5.14. The number of hydrogen-bond donors (Lipinski definition) is 0. The number of carbonyl (C=O) groups is 2. The minimum absolute atomic E-state index is 0.00970. The Morgan fingerprint density at radius 3 is 2.93 bits per heavy atom. The molecule has 5 rings (SSSR count). The molecule has 1 aromatic carbocycles. The summed E-state index contributed by atoms with van der Waals surface area (Å²) in [4.78, 5) is 29.2. The summed E-state index contributed by atoms with van der Waals surface area (Å²) >= 11 is 0. The molecule has 1 atom stereocenters. The molecule has 4 heterocycles. The van der Waals surface area contributed by atoms with Crippen LogP contribution < -0.4 is 9.64 Å². The highest BCUT2D eigenvalue weighted by Crippen LogP contribution is 2.34. The second kappa shape index (κ2) is 8.08. The number of amides is 2. The first-order chi connectivity index (χ1) is 14.7. The lowest BCUT2D eigenvalue weighted by molar-refractivity contribution is -0.132. The number of rotatable bonds is 4. The maximum atomic E-state index is 13.1. The fourth-order valence-corrected chi connectivity index (χ4v) is 4.84. The van der Waals surface area contributed by atoms with Crippen molar-refractivity contribution in [2.45, 2.75) is 57.5 Å². The van der Waals surface area contributed by atoms with Gasteiger partial charge in [-0.3, -0.25) is 9.59 Å². The van der Waals surface area contributed by atoms with Gasteiger partial charge in [0.1, 0.15) is 11.6 Å². The summed E-state index contributed by atoms with van der Waals surface area (Å²) in [6.45, 7) is 2.05. The molecular formula is C22H27N5O3. The van der Waals surface area contributed by atoms with Gasteiger partial charge in [0.15, 0.2) is 12.4 Å². The third-order valence-corrected chi connectivity index (χ3v) is 6.37. The second-order valence-electron chi connectivity index (χ2n) is 8.23. The predicted molar refractivity (Wildman–Crippen MR) is 110 cm³/mol. The molecule has 3 aliphatic rings. The number of nitrogens with zero attached hydrogens (tertiary/aromatic N) is 5. The van der Waals surface area contributed by atoms with Gasteiger partial charge in [0.25, 0.3) is 5.91 Å². The van der Waals surface area contributed by atoms with E-state index in [0.29, 0.717) is 12.3 Å². The van der Waals surface area contributed by atoms with Gasteiger partial charge in [0, 0.05) is 32.5 Å². The minimum atomic E-state index is -0.109. The van der Waals surface area contributed by atoms with E-state index < -0.39 is 0 Å². The van der Waals surface area contributed by atoms with Crippen LogP contribution in [0.25, 0.3) is 0 Å². The van der Waals surface area contributed by atoms with Gasteiger partial charge in [-0.15, -0.1) is 10.2 Å². The first-order valence-electron chi connectivity index (χ1n) is 11.0. The van der Waals surface area contributed by atoms with E-state index in [2.05, 4.69) is 14.8 Å². The van der Waals surface area contributed by atoms with Gasteiger partial charge >= 0.3 is 0 Å². The number of para-hydroxylation sites is 2. The summed E-state index contributed by atoms with van der Waals surface area (Å²) in [5, 5.41) is 8.90. The Balaban J connectivity index is 1.30. The van der Waals surface area contributed by atoms with E-state index in [0.717, 1.165) is 62.5 Å². The summed E-state index contributed by atoms with van der Waals surface area (Å²) in [5.41, 5.74) is 0.738. The van der Waals surface area contributed by atoms with Gasteiger partial charge in [-0.2, -0.15) is 0 Å². The predicted octanol–water partition coefficient (Wildman–Crippen LogP) is 2.48. The van der Waals surface area contributed by atoms with Crippen LogP contribution in [-0.4, -0.2) is 51.2 Å². The molecule has 2 amide bonds. The van der Waals surface area contributed by atoms with Crippen molar-refractivity contribution in [1.82, 2.24) is 19.7 Å². The number of fused-ring (bicyclic) bond motifs is 2. The minimum Gasteiger partial charge on any atom is -0.482 e. The maximum absolute atomic E-state index is 13.1. The Morgan fingerprint density at radius 1 is 1.10 bits per heavy atom. The highest BCUT2D eigenvalue weighted by atomic mass is 16.5. The molecule has 158 valence electrons. The molecule has 0 N–H and O–H groups in total. The molecule has 0 bridgehead atoms. The zero-order chi connectivity index (χ0) is 20.5. The number of likely N-dealkylation sites (tertiary alicyclic amines) is 1. The number of aryl methyl sites for hydroxylation is 1. The number of aromatic nitrogens is 3. The number of carbonyl (C=O) groups excluding carboxylic acids is 2. The van der Waals surface area contributed by atoms with Crippen LogP contribution in [-0.2, 0) is 22.6 Å². The van der Waals surface area contributed by atoms with E-state index in [-0.39, 0.29) is 30.9 Å². The van der Waals surface area contributed by atoms with E-state index in [9.17, 15) is 9.59 Å². The van der Waals surface area contributed by atoms with Crippen molar-refractivity contribution in [3.63, 3.8) is 0 Å². The van der Waals surface area contributed by atoms with Gasteiger partial charge < -0.3 is 19.1 Å². The average Bonchev–Trinajstić information content (AvgIpc) is 3.33. The largest absolute Gasteiger partial charge is 0.482 e. The quantitative estimate of drug-likeness (QED) is 0.775. The molecule has 0 unspecified atom stereocenters. The van der Waals surface area contributed by atoms with Crippen molar-refractivity contribution in [2.24, 2.45) is 0 Å². The van der Waals surface area contributed by atoms with Crippen LogP contribution in [0.15, 0.2) is 24.3 Å². The van der Waals surface area contributed by atoms with Gasteiger partial charge in [0.05, 0.1) is 11.7 Å². The van der Waals surface area contributed by atoms with Crippen LogP contribution in [0.1, 0.15) is 56.2 Å². The van der Waals surface area contributed by atoms with Gasteiger partial charge in [-0.25, -0.2) is 0 Å². The molecule has 0 spiro atoms. The number of benzene rings is 1. The molecule has 1 aromatic heterocycles. The highest BCUT2D eigenvalue weighted by Gasteiger charge is 2.35. The third-order valence-electron chi connectivity index (χ3n) is 6.37. The normalized spacial score (nSPS) is 21.1. The molecule has 0 aliphatic carbocycles. The van der Waals surface area contributed by atoms with Gasteiger partial charge in [-0.1, -0.05) is 18.6 Å². The van der Waals surface area contributed by atoms with Crippen molar-refractivity contribution in [1.29, 1.82) is 0 Å². The van der Waals surface area contributed by atoms with Crippen LogP contribution in [0.5, 0.6) is 5.75 Å². The Morgan fingerprint density at radius 2 is 2.00 bits per heavy atom. The first kappa shape index (κ1) is 19.1. The Hall–Kier alpha value is -2.90. The molecule has 2 aromatic rings. The fraction of sp³-hybridized carbons (Fsp3) is 0.545. The average molecular weight is 409 g/mol. The van der Waals surface area contributed by atoms with E-state index >= 15 is 0 Å². The summed E-state index contributed by atoms with van der Waals surface area (Å²) < 4.78 is 7.74. The molecule has 3 aliphatic heterocycles. The standard InChI is InChI=1S/C22H27N5O3/c28-20(11-14-26-16-7-3-4-9-18(16)30-15-21(26)29)25-13-6-8-17(25)22-24-23-19-10-2-1-5-12-27(19)22/h3-4,7,9,17H,1-2,5-6,8,10-15H2/t17-/m1/s1. The second-order valence-corrected chi connectivity index (χ2v) is 8.23. The van der Waals surface area contributed by atoms with Crippen LogP contribution in [0.4, 0.5) is 5.69 Å². The van der Waals surface area contributed by atoms with Crippen LogP contribution >= 0.6 is 0 Å². The molecule has 8 nitrogen and oxygen atoms in total. The van der Waals surface area contributed by atoms with E-state index in [1.807, 2.05) is 29.2 Å². The van der Waals surface area contributed by atoms with Gasteiger partial charge in [0.2, 0.25) is 5.91 Å². The first-order valence-corrected chi connectivity index (χ1v) is 11.0. The summed E-state index contributed by atoms with van der Waals surface area (Å²) in [6, 6.07) is 7.47. The van der Waals surface area contributed by atoms with Crippen LogP contribution in [0, 0.1) is 0 Å². The van der Waals surface area contributed by atoms with E-state index in [1.165, 1.54) is 6.42 Å². The smallest absolute Gasteiger partial charge is 0.265 e. The molecule has 30 heavy (non-hydrogen) atoms. The molecular weight excluding hydrogens is 382 g/mol. The van der Waals surface area contributed by atoms with Crippen molar-refractivity contribution < 1.29 is 14.3 Å². The highest BCUT2D eigenvalue weighted by molar-refractivity contribution is 5.98. The summed E-state index contributed by atoms with van der Waals surface area (Å²) in [5.74, 6) is 2.64. The lowest BCUT2D eigenvalue weighted by Crippen LogP contribution is -2.41. The third kappa shape index (κ3) is 3.44. The lowest BCUT2D eigenvalue weighted by Gasteiger charge is -2.30. The molecule has 0 radical (unpaired) electrons. The molecule has 8 heteroatoms. The number of hydrogen-bond acceptors (Lipinski definition) is 5. The topological polar surface area (TPSA) is 80.6 Å². The van der Waals surface area contributed by atoms with Crippen molar-refractivity contribution in [3.05, 3.63) is 35.9 Å². The fourth-order valence-electron chi connectivity index (χ4n) is 4.84. The maximum Gasteiger partial charge on any atom is 0.265 e. The van der Waals surface area contributed by atoms with Crippen molar-refractivity contribution in [3.8, 4) is 5.75 Å². The molecule has 1 saturated heterocycles. The molecule has 1 fully saturated rings. The van der Waals surface area contributed by atoms with Gasteiger partial charge in [-0.05, 0) is 37.8 Å². The zero-order valence-corrected chi connectivity index (χ0v) is 17.1. The van der Waals surface area contributed by atoms with Crippen molar-refractivity contribution >= 4 is 17.5 Å². The summed E-state index contributed by atoms with van der Waals surface area (Å²) in [6.07, 6.45) is 6.65. The number of ether oxygens (including phenoxy) is 1. The van der Waals surface area contributed by atoms with Crippen molar-refractivity contribution in [2.75, 3.05) is 24.6 Å². The Bertz CT molecular complexity index is 956. The Labute approximate surface area is 175 Å². The zero-order valence-electron chi connectivity index (χ0n) is 17.1. The van der Waals surface area contributed by atoms with E-state index in [1.54, 1.807) is 4.90 Å². The van der Waals surface area contributed by atoms with Crippen LogP contribution in [0.2, 0.25) is 0 Å². The van der Waals surface area contributed by atoms with E-state index in [4.69, 9.17) is 4.74 Å². The molecule has 0 saturated carbocycles. The van der Waals surface area contributed by atoms with Crippen LogP contribution in [0.3, 0.4) is 0 Å². The number of anilines is 1. The monoisotopic (exact) mass is 409 g/mol. The summed E-state index contributed by atoms with van der Waals surface area (Å²) in [7, 11) is 0.